The monoisotopic (exact) mass is 311 g/mol. The van der Waals surface area contributed by atoms with E-state index < -0.39 is 0 Å². The van der Waals surface area contributed by atoms with Gasteiger partial charge in [0, 0.05) is 44.3 Å². The molecule has 0 N–H and O–H groups in total. The SMILES string of the molecule is CC(C)N1CCN(c2ccc(-n3cnc(C4CC4)c3)cn2)CC1. The molecule has 0 amide bonds. The Balaban J connectivity index is 1.43. The summed E-state index contributed by atoms with van der Waals surface area (Å²) in [7, 11) is 0. The van der Waals surface area contributed by atoms with Crippen LogP contribution in [0.5, 0.6) is 0 Å². The number of rotatable bonds is 4. The zero-order valence-corrected chi connectivity index (χ0v) is 14.0. The molecule has 122 valence electrons. The fourth-order valence-electron chi connectivity index (χ4n) is 3.25. The van der Waals surface area contributed by atoms with E-state index in [4.69, 9.17) is 0 Å². The molecule has 2 aromatic heterocycles. The molecule has 0 aromatic carbocycles. The predicted octanol–water partition coefficient (Wildman–Crippen LogP) is 2.68. The smallest absolute Gasteiger partial charge is 0.128 e. The molecular weight excluding hydrogens is 286 g/mol. The maximum atomic E-state index is 4.68. The van der Waals surface area contributed by atoms with Crippen molar-refractivity contribution in [1.29, 1.82) is 0 Å². The van der Waals surface area contributed by atoms with E-state index in [9.17, 15) is 0 Å². The third-order valence-electron chi connectivity index (χ3n) is 5.00. The van der Waals surface area contributed by atoms with E-state index in [0.717, 1.165) is 37.7 Å². The molecule has 4 rings (SSSR count). The lowest BCUT2D eigenvalue weighted by Crippen LogP contribution is -2.49. The van der Waals surface area contributed by atoms with Crippen LogP contribution in [0.3, 0.4) is 0 Å². The molecule has 0 bridgehead atoms. The molecule has 0 unspecified atom stereocenters. The third kappa shape index (κ3) is 3.11. The first kappa shape index (κ1) is 14.7. The van der Waals surface area contributed by atoms with Gasteiger partial charge in [0.05, 0.1) is 23.9 Å². The van der Waals surface area contributed by atoms with Crippen LogP contribution >= 0.6 is 0 Å². The van der Waals surface area contributed by atoms with Crippen LogP contribution < -0.4 is 4.90 Å². The Labute approximate surface area is 138 Å². The highest BCUT2D eigenvalue weighted by atomic mass is 15.3. The van der Waals surface area contributed by atoms with Crippen molar-refractivity contribution in [2.24, 2.45) is 0 Å². The van der Waals surface area contributed by atoms with Gasteiger partial charge in [-0.05, 0) is 38.8 Å². The van der Waals surface area contributed by atoms with Gasteiger partial charge in [0.1, 0.15) is 5.82 Å². The van der Waals surface area contributed by atoms with E-state index in [1.54, 1.807) is 0 Å². The van der Waals surface area contributed by atoms with Gasteiger partial charge in [0.25, 0.3) is 0 Å². The van der Waals surface area contributed by atoms with E-state index in [1.807, 2.05) is 12.5 Å². The molecule has 5 nitrogen and oxygen atoms in total. The highest BCUT2D eigenvalue weighted by Gasteiger charge is 2.26. The second-order valence-electron chi connectivity index (χ2n) is 6.97. The van der Waals surface area contributed by atoms with E-state index in [-0.39, 0.29) is 0 Å². The zero-order valence-electron chi connectivity index (χ0n) is 14.0. The van der Waals surface area contributed by atoms with Gasteiger partial charge in [0.15, 0.2) is 0 Å². The van der Waals surface area contributed by atoms with Crippen molar-refractivity contribution in [1.82, 2.24) is 19.4 Å². The van der Waals surface area contributed by atoms with E-state index >= 15 is 0 Å². The molecule has 0 radical (unpaired) electrons. The van der Waals surface area contributed by atoms with Gasteiger partial charge in [-0.3, -0.25) is 4.90 Å². The molecule has 0 atom stereocenters. The Bertz CT molecular complexity index is 648. The molecular formula is C18H25N5. The molecule has 2 aliphatic rings. The number of imidazole rings is 1. The van der Waals surface area contributed by atoms with Gasteiger partial charge in [0.2, 0.25) is 0 Å². The number of aromatic nitrogens is 3. The minimum Gasteiger partial charge on any atom is -0.354 e. The molecule has 0 spiro atoms. The molecule has 1 saturated carbocycles. The number of anilines is 1. The summed E-state index contributed by atoms with van der Waals surface area (Å²) in [5.74, 6) is 1.78. The Morgan fingerprint density at radius 3 is 2.43 bits per heavy atom. The summed E-state index contributed by atoms with van der Waals surface area (Å²) < 4.78 is 2.08. The first-order chi connectivity index (χ1) is 11.2. The van der Waals surface area contributed by atoms with Gasteiger partial charge in [-0.25, -0.2) is 9.97 Å². The van der Waals surface area contributed by atoms with Crippen molar-refractivity contribution in [3.63, 3.8) is 0 Å². The van der Waals surface area contributed by atoms with Gasteiger partial charge in [-0.15, -0.1) is 0 Å². The molecule has 3 heterocycles. The van der Waals surface area contributed by atoms with Gasteiger partial charge < -0.3 is 9.47 Å². The van der Waals surface area contributed by atoms with Crippen molar-refractivity contribution in [3.8, 4) is 5.69 Å². The highest BCUT2D eigenvalue weighted by molar-refractivity contribution is 5.44. The fraction of sp³-hybridized carbons (Fsp3) is 0.556. The van der Waals surface area contributed by atoms with Crippen LogP contribution in [-0.2, 0) is 0 Å². The second-order valence-corrected chi connectivity index (χ2v) is 6.97. The third-order valence-corrected chi connectivity index (χ3v) is 5.00. The topological polar surface area (TPSA) is 37.2 Å². The minimum atomic E-state index is 0.634. The van der Waals surface area contributed by atoms with E-state index in [1.165, 1.54) is 18.5 Å². The van der Waals surface area contributed by atoms with E-state index in [2.05, 4.69) is 56.5 Å². The summed E-state index contributed by atoms with van der Waals surface area (Å²) in [6.45, 7) is 8.89. The van der Waals surface area contributed by atoms with Crippen molar-refractivity contribution in [3.05, 3.63) is 36.5 Å². The average molecular weight is 311 g/mol. The van der Waals surface area contributed by atoms with Crippen LogP contribution in [0.1, 0.15) is 38.3 Å². The summed E-state index contributed by atoms with van der Waals surface area (Å²) in [6.07, 6.45) is 8.59. The average Bonchev–Trinajstić information content (AvgIpc) is 3.32. The number of hydrogen-bond acceptors (Lipinski definition) is 4. The van der Waals surface area contributed by atoms with Crippen LogP contribution in [0.15, 0.2) is 30.9 Å². The van der Waals surface area contributed by atoms with Crippen LogP contribution in [0.25, 0.3) is 5.69 Å². The summed E-state index contributed by atoms with van der Waals surface area (Å²) in [6, 6.07) is 4.92. The number of hydrogen-bond donors (Lipinski definition) is 0. The lowest BCUT2D eigenvalue weighted by atomic mass is 10.2. The van der Waals surface area contributed by atoms with Crippen molar-refractivity contribution < 1.29 is 0 Å². The highest BCUT2D eigenvalue weighted by Crippen LogP contribution is 2.39. The second kappa shape index (κ2) is 5.96. The first-order valence-corrected chi connectivity index (χ1v) is 8.70. The molecule has 1 aliphatic heterocycles. The van der Waals surface area contributed by atoms with Gasteiger partial charge in [-0.1, -0.05) is 0 Å². The maximum Gasteiger partial charge on any atom is 0.128 e. The Morgan fingerprint density at radius 2 is 1.83 bits per heavy atom. The van der Waals surface area contributed by atoms with Crippen LogP contribution in [0.2, 0.25) is 0 Å². The minimum absolute atomic E-state index is 0.634. The lowest BCUT2D eigenvalue weighted by Gasteiger charge is -2.37. The summed E-state index contributed by atoms with van der Waals surface area (Å²) in [5, 5.41) is 0. The van der Waals surface area contributed by atoms with Gasteiger partial charge in [-0.2, -0.15) is 0 Å². The maximum absolute atomic E-state index is 4.68. The molecule has 1 aliphatic carbocycles. The first-order valence-electron chi connectivity index (χ1n) is 8.70. The molecule has 23 heavy (non-hydrogen) atoms. The number of piperazine rings is 1. The van der Waals surface area contributed by atoms with E-state index in [0.29, 0.717) is 12.0 Å². The standard InChI is InChI=1S/C18H25N5/c1-14(2)21-7-9-22(10-8-21)18-6-5-16(11-19-18)23-12-17(20-13-23)15-3-4-15/h5-6,11-15H,3-4,7-10H2,1-2H3. The van der Waals surface area contributed by atoms with Gasteiger partial charge >= 0.3 is 0 Å². The lowest BCUT2D eigenvalue weighted by molar-refractivity contribution is 0.209. The Kier molecular flexibility index (Phi) is 3.81. The van der Waals surface area contributed by atoms with Crippen LogP contribution in [0, 0.1) is 0 Å². The quantitative estimate of drug-likeness (QED) is 0.870. The predicted molar refractivity (Wildman–Crippen MR) is 92.3 cm³/mol. The molecule has 2 fully saturated rings. The van der Waals surface area contributed by atoms with Crippen LogP contribution in [-0.4, -0.2) is 51.7 Å². The Morgan fingerprint density at radius 1 is 1.04 bits per heavy atom. The normalized spacial score (nSPS) is 19.5. The summed E-state index contributed by atoms with van der Waals surface area (Å²) in [5.41, 5.74) is 2.31. The molecule has 2 aromatic rings. The fourth-order valence-corrected chi connectivity index (χ4v) is 3.25. The molecule has 5 heteroatoms. The van der Waals surface area contributed by atoms with Crippen molar-refractivity contribution >= 4 is 5.82 Å². The number of pyridine rings is 1. The van der Waals surface area contributed by atoms with Crippen molar-refractivity contribution in [2.45, 2.75) is 38.6 Å². The molecule has 1 saturated heterocycles. The summed E-state index contributed by atoms with van der Waals surface area (Å²) in [4.78, 5) is 14.1. The largest absolute Gasteiger partial charge is 0.354 e. The van der Waals surface area contributed by atoms with Crippen molar-refractivity contribution in [2.75, 3.05) is 31.1 Å². The zero-order chi connectivity index (χ0) is 15.8. The number of nitrogens with zero attached hydrogens (tertiary/aromatic N) is 5. The van der Waals surface area contributed by atoms with Crippen LogP contribution in [0.4, 0.5) is 5.82 Å². The Hall–Kier alpha value is -1.88. The summed E-state index contributed by atoms with van der Waals surface area (Å²) >= 11 is 0.